The average molecular weight is 252 g/mol. The highest BCUT2D eigenvalue weighted by molar-refractivity contribution is 5.81. The maximum absolute atomic E-state index is 11.7. The summed E-state index contributed by atoms with van der Waals surface area (Å²) in [5, 5.41) is 0. The van der Waals surface area contributed by atoms with Crippen LogP contribution in [0.1, 0.15) is 12.6 Å². The van der Waals surface area contributed by atoms with Gasteiger partial charge in [0.05, 0.1) is 12.3 Å². The van der Waals surface area contributed by atoms with Gasteiger partial charge in [-0.15, -0.1) is 0 Å². The summed E-state index contributed by atoms with van der Waals surface area (Å²) in [6.07, 6.45) is 1.73. The molecule has 0 aliphatic heterocycles. The van der Waals surface area contributed by atoms with Gasteiger partial charge in [-0.3, -0.25) is 20.1 Å². The summed E-state index contributed by atoms with van der Waals surface area (Å²) in [5.41, 5.74) is 3.08. The Labute approximate surface area is 107 Å². The summed E-state index contributed by atoms with van der Waals surface area (Å²) in [5.74, 6) is 4.94. The summed E-state index contributed by atoms with van der Waals surface area (Å²) in [6, 6.07) is 5.29. The Bertz CT molecular complexity index is 358. The minimum atomic E-state index is -0.410. The van der Waals surface area contributed by atoms with E-state index in [1.807, 2.05) is 30.0 Å². The summed E-state index contributed by atoms with van der Waals surface area (Å²) < 4.78 is 5.07. The van der Waals surface area contributed by atoms with Gasteiger partial charge in [-0.2, -0.15) is 0 Å². The molecule has 1 rings (SSSR count). The third-order valence-corrected chi connectivity index (χ3v) is 2.71. The molecule has 0 bridgehead atoms. The number of amides is 1. The molecule has 1 amide bonds. The molecule has 0 fully saturated rings. The van der Waals surface area contributed by atoms with Gasteiger partial charge >= 0.3 is 0 Å². The fraction of sp³-hybridized carbons (Fsp3) is 0.500. The van der Waals surface area contributed by atoms with E-state index >= 15 is 0 Å². The molecule has 0 saturated carbocycles. The Morgan fingerprint density at radius 3 is 2.89 bits per heavy atom. The molecule has 0 aliphatic carbocycles. The van der Waals surface area contributed by atoms with Gasteiger partial charge in [-0.05, 0) is 18.7 Å². The van der Waals surface area contributed by atoms with Gasteiger partial charge in [0.2, 0.25) is 0 Å². The third-order valence-electron chi connectivity index (χ3n) is 2.71. The van der Waals surface area contributed by atoms with Crippen molar-refractivity contribution in [3.63, 3.8) is 0 Å². The summed E-state index contributed by atoms with van der Waals surface area (Å²) in [4.78, 5) is 17.9. The number of likely N-dealkylation sites (N-methyl/N-ethyl adjacent to an activating group) is 1. The van der Waals surface area contributed by atoms with Crippen LogP contribution in [-0.4, -0.2) is 42.1 Å². The predicted octanol–water partition coefficient (Wildman–Crippen LogP) is -0.0916. The lowest BCUT2D eigenvalue weighted by Gasteiger charge is -2.28. The molecule has 3 N–H and O–H groups in total. The minimum absolute atomic E-state index is 0.255. The SMILES string of the molecule is CCN(Cc1ccccn1)C(COC)C(=O)NN. The lowest BCUT2D eigenvalue weighted by atomic mass is 10.2. The van der Waals surface area contributed by atoms with Crippen LogP contribution in [0.25, 0.3) is 0 Å². The zero-order valence-corrected chi connectivity index (χ0v) is 10.8. The first-order valence-electron chi connectivity index (χ1n) is 5.86. The molecule has 1 aromatic heterocycles. The lowest BCUT2D eigenvalue weighted by Crippen LogP contribution is -2.51. The van der Waals surface area contributed by atoms with E-state index in [0.29, 0.717) is 19.7 Å². The van der Waals surface area contributed by atoms with E-state index in [4.69, 9.17) is 10.6 Å². The molecule has 1 unspecified atom stereocenters. The van der Waals surface area contributed by atoms with E-state index in [2.05, 4.69) is 10.4 Å². The molecule has 6 nitrogen and oxygen atoms in total. The Hall–Kier alpha value is -1.50. The fourth-order valence-electron chi connectivity index (χ4n) is 1.74. The van der Waals surface area contributed by atoms with Crippen molar-refractivity contribution in [1.82, 2.24) is 15.3 Å². The van der Waals surface area contributed by atoms with E-state index in [1.54, 1.807) is 13.3 Å². The van der Waals surface area contributed by atoms with Crippen LogP contribution in [0, 0.1) is 0 Å². The quantitative estimate of drug-likeness (QED) is 0.403. The lowest BCUT2D eigenvalue weighted by molar-refractivity contribution is -0.128. The standard InChI is InChI=1S/C12H20N4O2/c1-3-16(8-10-6-4-5-7-14-10)11(9-18-2)12(17)15-13/h4-7,11H,3,8-9,13H2,1-2H3,(H,15,17). The number of methoxy groups -OCH3 is 1. The number of hydrogen-bond donors (Lipinski definition) is 2. The van der Waals surface area contributed by atoms with Crippen LogP contribution in [0.2, 0.25) is 0 Å². The van der Waals surface area contributed by atoms with Crippen molar-refractivity contribution in [2.45, 2.75) is 19.5 Å². The molecular formula is C12H20N4O2. The molecule has 1 atom stereocenters. The highest BCUT2D eigenvalue weighted by Crippen LogP contribution is 2.06. The number of hydrogen-bond acceptors (Lipinski definition) is 5. The van der Waals surface area contributed by atoms with Gasteiger partial charge < -0.3 is 4.74 Å². The number of nitrogens with zero attached hydrogens (tertiary/aromatic N) is 2. The van der Waals surface area contributed by atoms with E-state index in [9.17, 15) is 4.79 Å². The molecule has 6 heteroatoms. The van der Waals surface area contributed by atoms with Gasteiger partial charge in [-0.1, -0.05) is 13.0 Å². The fourth-order valence-corrected chi connectivity index (χ4v) is 1.74. The number of carbonyl (C=O) groups excluding carboxylic acids is 1. The van der Waals surface area contributed by atoms with Gasteiger partial charge in [0, 0.05) is 19.9 Å². The monoisotopic (exact) mass is 252 g/mol. The second-order valence-corrected chi connectivity index (χ2v) is 3.86. The first kappa shape index (κ1) is 14.6. The Kier molecular flexibility index (Phi) is 6.27. The van der Waals surface area contributed by atoms with Crippen molar-refractivity contribution in [3.8, 4) is 0 Å². The van der Waals surface area contributed by atoms with Gasteiger partial charge in [0.15, 0.2) is 0 Å². The molecular weight excluding hydrogens is 232 g/mol. The number of aromatic nitrogens is 1. The largest absolute Gasteiger partial charge is 0.383 e. The number of hydrazine groups is 1. The molecule has 0 aromatic carbocycles. The molecule has 0 aliphatic rings. The van der Waals surface area contributed by atoms with Crippen LogP contribution in [0.4, 0.5) is 0 Å². The normalized spacial score (nSPS) is 12.4. The zero-order chi connectivity index (χ0) is 13.4. The summed E-state index contributed by atoms with van der Waals surface area (Å²) in [6.45, 7) is 3.57. The Morgan fingerprint density at radius 2 is 2.39 bits per heavy atom. The maximum Gasteiger partial charge on any atom is 0.253 e. The molecule has 18 heavy (non-hydrogen) atoms. The maximum atomic E-state index is 11.7. The average Bonchev–Trinajstić information content (AvgIpc) is 2.43. The van der Waals surface area contributed by atoms with E-state index in [0.717, 1.165) is 5.69 Å². The van der Waals surface area contributed by atoms with Crippen molar-refractivity contribution < 1.29 is 9.53 Å². The van der Waals surface area contributed by atoms with Crippen LogP contribution in [0.15, 0.2) is 24.4 Å². The number of nitrogens with two attached hydrogens (primary N) is 1. The molecule has 0 spiro atoms. The van der Waals surface area contributed by atoms with E-state index in [1.165, 1.54) is 0 Å². The Balaban J connectivity index is 2.75. The zero-order valence-electron chi connectivity index (χ0n) is 10.8. The number of carbonyl (C=O) groups is 1. The van der Waals surface area contributed by atoms with Crippen molar-refractivity contribution in [2.24, 2.45) is 5.84 Å². The summed E-state index contributed by atoms with van der Waals surface area (Å²) >= 11 is 0. The van der Waals surface area contributed by atoms with Crippen LogP contribution < -0.4 is 11.3 Å². The first-order valence-corrected chi connectivity index (χ1v) is 5.86. The number of ether oxygens (including phenoxy) is 1. The Morgan fingerprint density at radius 1 is 1.61 bits per heavy atom. The predicted molar refractivity (Wildman–Crippen MR) is 68.3 cm³/mol. The topological polar surface area (TPSA) is 80.5 Å². The van der Waals surface area contributed by atoms with Gasteiger partial charge in [-0.25, -0.2) is 5.84 Å². The molecule has 100 valence electrons. The molecule has 1 aromatic rings. The molecule has 0 saturated heterocycles. The van der Waals surface area contributed by atoms with Crippen LogP contribution in [0.5, 0.6) is 0 Å². The second-order valence-electron chi connectivity index (χ2n) is 3.86. The van der Waals surface area contributed by atoms with Crippen molar-refractivity contribution in [1.29, 1.82) is 0 Å². The third kappa shape index (κ3) is 4.06. The van der Waals surface area contributed by atoms with Crippen molar-refractivity contribution in [2.75, 3.05) is 20.3 Å². The summed E-state index contributed by atoms with van der Waals surface area (Å²) in [7, 11) is 1.56. The van der Waals surface area contributed by atoms with Crippen LogP contribution in [-0.2, 0) is 16.1 Å². The van der Waals surface area contributed by atoms with E-state index in [-0.39, 0.29) is 5.91 Å². The highest BCUT2D eigenvalue weighted by Gasteiger charge is 2.24. The van der Waals surface area contributed by atoms with Crippen molar-refractivity contribution >= 4 is 5.91 Å². The van der Waals surface area contributed by atoms with Crippen LogP contribution in [0.3, 0.4) is 0 Å². The van der Waals surface area contributed by atoms with Crippen molar-refractivity contribution in [3.05, 3.63) is 30.1 Å². The van der Waals surface area contributed by atoms with E-state index < -0.39 is 6.04 Å². The number of pyridine rings is 1. The smallest absolute Gasteiger partial charge is 0.253 e. The van der Waals surface area contributed by atoms with Gasteiger partial charge in [0.1, 0.15) is 6.04 Å². The van der Waals surface area contributed by atoms with Crippen LogP contribution >= 0.6 is 0 Å². The first-order chi connectivity index (χ1) is 8.72. The second kappa shape index (κ2) is 7.75. The number of rotatable bonds is 7. The minimum Gasteiger partial charge on any atom is -0.383 e. The molecule has 0 radical (unpaired) electrons. The number of nitrogens with one attached hydrogen (secondary N) is 1. The van der Waals surface area contributed by atoms with Gasteiger partial charge in [0.25, 0.3) is 5.91 Å². The molecule has 1 heterocycles. The highest BCUT2D eigenvalue weighted by atomic mass is 16.5.